The lowest BCUT2D eigenvalue weighted by Crippen LogP contribution is -2.42. The number of aliphatic hydroxyl groups is 1. The van der Waals surface area contributed by atoms with Gasteiger partial charge in [0.2, 0.25) is 0 Å². The third-order valence-corrected chi connectivity index (χ3v) is 3.91. The average Bonchev–Trinajstić information content (AvgIpc) is 3.01. The van der Waals surface area contributed by atoms with Crippen molar-refractivity contribution in [2.24, 2.45) is 0 Å². The van der Waals surface area contributed by atoms with Gasteiger partial charge in [-0.15, -0.1) is 12.4 Å². The maximum absolute atomic E-state index is 12.2. The summed E-state index contributed by atoms with van der Waals surface area (Å²) in [7, 11) is 1.61. The second kappa shape index (κ2) is 8.71. The van der Waals surface area contributed by atoms with Crippen molar-refractivity contribution in [1.29, 1.82) is 0 Å². The maximum Gasteiger partial charge on any atom is 0.251 e. The fraction of sp³-hybridized carbons (Fsp3) is 0.278. The molecule has 0 radical (unpaired) electrons. The molecule has 25 heavy (non-hydrogen) atoms. The van der Waals surface area contributed by atoms with Crippen LogP contribution in [0.15, 0.2) is 48.5 Å². The van der Waals surface area contributed by atoms with Crippen molar-refractivity contribution in [3.63, 3.8) is 0 Å². The van der Waals surface area contributed by atoms with Crippen molar-refractivity contribution >= 4 is 18.3 Å². The molecule has 1 heterocycles. The number of aliphatic hydroxyl groups excluding tert-OH is 1. The summed E-state index contributed by atoms with van der Waals surface area (Å²) in [5.74, 6) is 1.88. The number of carbonyl (C=O) groups excluding carboxylic acids is 1. The van der Waals surface area contributed by atoms with Gasteiger partial charge in [0.25, 0.3) is 5.91 Å². The van der Waals surface area contributed by atoms with Gasteiger partial charge in [-0.2, -0.15) is 0 Å². The number of ether oxygens (including phenoxy) is 2. The van der Waals surface area contributed by atoms with Crippen LogP contribution in [0.5, 0.6) is 17.2 Å². The normalized spacial score (nSPS) is 19.0. The van der Waals surface area contributed by atoms with Crippen molar-refractivity contribution in [1.82, 2.24) is 10.6 Å². The number of hydrogen-bond acceptors (Lipinski definition) is 5. The molecule has 2 atom stereocenters. The zero-order valence-corrected chi connectivity index (χ0v) is 14.6. The number of β-amino-alcohol motifs (C(OH)–C–C–N with tert-alkyl or cyclic N) is 1. The average molecular weight is 365 g/mol. The Morgan fingerprint density at radius 1 is 1.04 bits per heavy atom. The molecule has 1 saturated heterocycles. The molecule has 134 valence electrons. The first-order valence-corrected chi connectivity index (χ1v) is 7.77. The van der Waals surface area contributed by atoms with Gasteiger partial charge < -0.3 is 25.2 Å². The van der Waals surface area contributed by atoms with Crippen molar-refractivity contribution in [2.75, 3.05) is 20.2 Å². The molecule has 0 aromatic heterocycles. The van der Waals surface area contributed by atoms with Crippen LogP contribution in [0.1, 0.15) is 10.4 Å². The van der Waals surface area contributed by atoms with Gasteiger partial charge in [0.15, 0.2) is 0 Å². The van der Waals surface area contributed by atoms with Gasteiger partial charge in [0.05, 0.1) is 19.3 Å². The molecule has 6 nitrogen and oxygen atoms in total. The molecular formula is C18H21ClN2O4. The van der Waals surface area contributed by atoms with E-state index in [0.717, 1.165) is 5.75 Å². The van der Waals surface area contributed by atoms with Gasteiger partial charge in [-0.25, -0.2) is 0 Å². The van der Waals surface area contributed by atoms with Crippen LogP contribution in [0.25, 0.3) is 0 Å². The summed E-state index contributed by atoms with van der Waals surface area (Å²) >= 11 is 0. The minimum atomic E-state index is -0.549. The highest BCUT2D eigenvalue weighted by molar-refractivity contribution is 5.94. The Hall–Kier alpha value is -2.28. The predicted molar refractivity (Wildman–Crippen MR) is 96.9 cm³/mol. The van der Waals surface area contributed by atoms with Crippen LogP contribution in [0, 0.1) is 0 Å². The summed E-state index contributed by atoms with van der Waals surface area (Å²) in [6.45, 7) is 1.07. The summed E-state index contributed by atoms with van der Waals surface area (Å²) in [6.07, 6.45) is -0.549. The molecule has 1 amide bonds. The van der Waals surface area contributed by atoms with E-state index in [0.29, 0.717) is 30.2 Å². The highest BCUT2D eigenvalue weighted by Crippen LogP contribution is 2.24. The standard InChI is InChI=1S/C18H20N2O4.ClH/c1-23-13-6-8-15(9-7-13)24-14-4-2-12(3-5-14)18(22)20-16-10-19-11-17(16)21;/h2-9,16-17,19,21H,10-11H2,1H3,(H,20,22);1H/t16-,17-;/m1./s1. The van der Waals surface area contributed by atoms with Crippen LogP contribution >= 0.6 is 12.4 Å². The first-order chi connectivity index (χ1) is 11.7. The summed E-state index contributed by atoms with van der Waals surface area (Å²) in [6, 6.07) is 13.9. The lowest BCUT2D eigenvalue weighted by atomic mass is 10.1. The summed E-state index contributed by atoms with van der Waals surface area (Å²) in [5, 5.41) is 15.6. The van der Waals surface area contributed by atoms with Crippen molar-refractivity contribution in [2.45, 2.75) is 12.1 Å². The number of halogens is 1. The summed E-state index contributed by atoms with van der Waals surface area (Å²) < 4.78 is 10.8. The van der Waals surface area contributed by atoms with Crippen LogP contribution in [0.4, 0.5) is 0 Å². The second-order valence-electron chi connectivity index (χ2n) is 5.61. The smallest absolute Gasteiger partial charge is 0.251 e. The molecule has 2 aromatic carbocycles. The van der Waals surface area contributed by atoms with E-state index in [4.69, 9.17) is 9.47 Å². The third-order valence-electron chi connectivity index (χ3n) is 3.91. The number of amides is 1. The number of benzene rings is 2. The molecule has 0 bridgehead atoms. The molecule has 0 aliphatic carbocycles. The Morgan fingerprint density at radius 3 is 2.12 bits per heavy atom. The van der Waals surface area contributed by atoms with Crippen LogP contribution in [-0.4, -0.2) is 43.4 Å². The lowest BCUT2D eigenvalue weighted by Gasteiger charge is -2.15. The molecule has 1 fully saturated rings. The van der Waals surface area contributed by atoms with E-state index < -0.39 is 6.10 Å². The van der Waals surface area contributed by atoms with E-state index in [1.54, 1.807) is 31.4 Å². The second-order valence-corrected chi connectivity index (χ2v) is 5.61. The number of nitrogens with one attached hydrogen (secondary N) is 2. The van der Waals surface area contributed by atoms with Gasteiger partial charge in [0.1, 0.15) is 17.2 Å². The monoisotopic (exact) mass is 364 g/mol. The molecule has 0 spiro atoms. The van der Waals surface area contributed by atoms with Crippen LogP contribution < -0.4 is 20.1 Å². The van der Waals surface area contributed by atoms with Crippen LogP contribution in [0.3, 0.4) is 0 Å². The molecule has 2 aromatic rings. The topological polar surface area (TPSA) is 79.8 Å². The Morgan fingerprint density at radius 2 is 1.60 bits per heavy atom. The number of hydrogen-bond donors (Lipinski definition) is 3. The van der Waals surface area contributed by atoms with Gasteiger partial charge in [0, 0.05) is 18.7 Å². The quantitative estimate of drug-likeness (QED) is 0.756. The Bertz CT molecular complexity index is 691. The molecular weight excluding hydrogens is 344 g/mol. The molecule has 3 N–H and O–H groups in total. The largest absolute Gasteiger partial charge is 0.497 e. The fourth-order valence-electron chi connectivity index (χ4n) is 2.52. The highest BCUT2D eigenvalue weighted by Gasteiger charge is 2.26. The van der Waals surface area contributed by atoms with Gasteiger partial charge in [-0.3, -0.25) is 4.79 Å². The zero-order chi connectivity index (χ0) is 16.9. The Kier molecular flexibility index (Phi) is 6.64. The minimum Gasteiger partial charge on any atom is -0.497 e. The number of methoxy groups -OCH3 is 1. The number of rotatable bonds is 5. The van der Waals surface area contributed by atoms with Gasteiger partial charge in [-0.1, -0.05) is 0 Å². The SMILES string of the molecule is COc1ccc(Oc2ccc(C(=O)N[C@@H]3CNC[C@H]3O)cc2)cc1.Cl. The zero-order valence-electron chi connectivity index (χ0n) is 13.8. The Balaban J connectivity index is 0.00000225. The lowest BCUT2D eigenvalue weighted by molar-refractivity contribution is 0.0888. The summed E-state index contributed by atoms with van der Waals surface area (Å²) in [5.41, 5.74) is 0.524. The summed E-state index contributed by atoms with van der Waals surface area (Å²) in [4.78, 5) is 12.2. The van der Waals surface area contributed by atoms with E-state index in [1.165, 1.54) is 0 Å². The number of carbonyl (C=O) groups is 1. The van der Waals surface area contributed by atoms with Crippen molar-refractivity contribution in [3.05, 3.63) is 54.1 Å². The van der Waals surface area contributed by atoms with Crippen molar-refractivity contribution in [3.8, 4) is 17.2 Å². The van der Waals surface area contributed by atoms with E-state index in [9.17, 15) is 9.90 Å². The minimum absolute atomic E-state index is 0. The highest BCUT2D eigenvalue weighted by atomic mass is 35.5. The molecule has 0 unspecified atom stereocenters. The van der Waals surface area contributed by atoms with Crippen LogP contribution in [0.2, 0.25) is 0 Å². The molecule has 7 heteroatoms. The molecule has 1 aliphatic heterocycles. The predicted octanol–water partition coefficient (Wildman–Crippen LogP) is 1.97. The molecule has 3 rings (SSSR count). The third kappa shape index (κ3) is 4.85. The maximum atomic E-state index is 12.2. The first-order valence-electron chi connectivity index (χ1n) is 7.77. The van der Waals surface area contributed by atoms with Crippen molar-refractivity contribution < 1.29 is 19.4 Å². The van der Waals surface area contributed by atoms with Gasteiger partial charge in [-0.05, 0) is 48.5 Å². The van der Waals surface area contributed by atoms with E-state index in [1.807, 2.05) is 24.3 Å². The molecule has 0 saturated carbocycles. The van der Waals surface area contributed by atoms with Crippen LogP contribution in [-0.2, 0) is 0 Å². The Labute approximate surface area is 152 Å². The molecule has 1 aliphatic rings. The van der Waals surface area contributed by atoms with E-state index in [2.05, 4.69) is 10.6 Å². The fourth-order valence-corrected chi connectivity index (χ4v) is 2.52. The first kappa shape index (κ1) is 19.1. The van der Waals surface area contributed by atoms with Gasteiger partial charge >= 0.3 is 0 Å². The van der Waals surface area contributed by atoms with E-state index in [-0.39, 0.29) is 24.4 Å². The van der Waals surface area contributed by atoms with E-state index >= 15 is 0 Å².